The molecule has 1 unspecified atom stereocenters. The minimum absolute atomic E-state index is 0.0294. The first-order valence-electron chi connectivity index (χ1n) is 7.54. The highest BCUT2D eigenvalue weighted by atomic mass is 16.2. The second-order valence-electron chi connectivity index (χ2n) is 5.79. The molecule has 1 aliphatic heterocycles. The van der Waals surface area contributed by atoms with Crippen LogP contribution in [-0.4, -0.2) is 49.8 Å². The summed E-state index contributed by atoms with van der Waals surface area (Å²) in [5, 5.41) is 7.73. The van der Waals surface area contributed by atoms with Gasteiger partial charge in [-0.25, -0.2) is 4.98 Å². The van der Waals surface area contributed by atoms with Gasteiger partial charge in [-0.2, -0.15) is 5.10 Å². The molecular formula is C15H22N6O. The number of nitrogens with one attached hydrogen (secondary N) is 1. The van der Waals surface area contributed by atoms with Gasteiger partial charge in [-0.15, -0.1) is 0 Å². The summed E-state index contributed by atoms with van der Waals surface area (Å²) < 4.78 is 3.75. The summed E-state index contributed by atoms with van der Waals surface area (Å²) in [4.78, 5) is 19.1. The van der Waals surface area contributed by atoms with E-state index in [0.717, 1.165) is 30.3 Å². The molecule has 1 amide bonds. The number of nitrogens with zero attached hydrogens (tertiary/aromatic N) is 5. The van der Waals surface area contributed by atoms with Crippen LogP contribution in [0.4, 0.5) is 0 Å². The number of aromatic nitrogens is 4. The van der Waals surface area contributed by atoms with Gasteiger partial charge in [0, 0.05) is 44.8 Å². The minimum Gasteiger partial charge on any atom is -0.336 e. The van der Waals surface area contributed by atoms with E-state index in [2.05, 4.69) is 15.4 Å². The predicted octanol–water partition coefficient (Wildman–Crippen LogP) is 0.407. The van der Waals surface area contributed by atoms with E-state index in [4.69, 9.17) is 0 Å². The molecule has 0 spiro atoms. The number of hydrogen-bond acceptors (Lipinski definition) is 4. The van der Waals surface area contributed by atoms with Gasteiger partial charge in [-0.1, -0.05) is 0 Å². The lowest BCUT2D eigenvalue weighted by atomic mass is 10.1. The molecule has 1 atom stereocenters. The quantitative estimate of drug-likeness (QED) is 0.891. The maximum absolute atomic E-state index is 12.7. The molecule has 3 rings (SSSR count). The number of carbonyl (C=O) groups excluding carboxylic acids is 1. The molecule has 2 aromatic heterocycles. The number of aryl methyl sites for hydroxylation is 3. The number of imidazole rings is 1. The van der Waals surface area contributed by atoms with Crippen LogP contribution < -0.4 is 5.32 Å². The monoisotopic (exact) mass is 302 g/mol. The lowest BCUT2D eigenvalue weighted by Gasteiger charge is -2.35. The molecule has 0 bridgehead atoms. The van der Waals surface area contributed by atoms with Crippen LogP contribution in [0.1, 0.15) is 23.3 Å². The van der Waals surface area contributed by atoms with E-state index in [0.29, 0.717) is 6.54 Å². The average Bonchev–Trinajstić information content (AvgIpc) is 3.04. The zero-order valence-corrected chi connectivity index (χ0v) is 13.3. The Morgan fingerprint density at radius 2 is 2.27 bits per heavy atom. The number of rotatable bonds is 3. The molecule has 1 aliphatic rings. The zero-order chi connectivity index (χ0) is 15.7. The number of piperazine rings is 1. The summed E-state index contributed by atoms with van der Waals surface area (Å²) in [7, 11) is 1.96. The van der Waals surface area contributed by atoms with E-state index in [9.17, 15) is 4.79 Å². The van der Waals surface area contributed by atoms with Crippen LogP contribution >= 0.6 is 0 Å². The van der Waals surface area contributed by atoms with Gasteiger partial charge in [0.25, 0.3) is 0 Å². The van der Waals surface area contributed by atoms with Gasteiger partial charge < -0.3 is 14.8 Å². The van der Waals surface area contributed by atoms with Gasteiger partial charge in [0.15, 0.2) is 0 Å². The van der Waals surface area contributed by atoms with Gasteiger partial charge in [0.1, 0.15) is 18.4 Å². The summed E-state index contributed by atoms with van der Waals surface area (Å²) >= 11 is 0. The van der Waals surface area contributed by atoms with E-state index in [1.807, 2.05) is 42.6 Å². The Morgan fingerprint density at radius 1 is 1.45 bits per heavy atom. The minimum atomic E-state index is -0.0294. The molecule has 0 radical (unpaired) electrons. The van der Waals surface area contributed by atoms with Gasteiger partial charge in [-0.05, 0) is 19.9 Å². The molecule has 22 heavy (non-hydrogen) atoms. The summed E-state index contributed by atoms with van der Waals surface area (Å²) in [6, 6.07) is 1.96. The molecule has 1 saturated heterocycles. The van der Waals surface area contributed by atoms with E-state index >= 15 is 0 Å². The SMILES string of the molecule is Cc1cc(C)n(CC(=O)N2CCNCC2c2nccn2C)n1. The van der Waals surface area contributed by atoms with Crippen LogP contribution in [0, 0.1) is 13.8 Å². The van der Waals surface area contributed by atoms with Crippen molar-refractivity contribution in [2.24, 2.45) is 7.05 Å². The maximum atomic E-state index is 12.7. The molecule has 3 heterocycles. The van der Waals surface area contributed by atoms with Crippen molar-refractivity contribution in [2.45, 2.75) is 26.4 Å². The lowest BCUT2D eigenvalue weighted by Crippen LogP contribution is -2.50. The Hall–Kier alpha value is -2.15. The number of hydrogen-bond donors (Lipinski definition) is 1. The average molecular weight is 302 g/mol. The molecule has 0 aliphatic carbocycles. The van der Waals surface area contributed by atoms with Crippen molar-refractivity contribution in [1.29, 1.82) is 0 Å². The molecule has 7 nitrogen and oxygen atoms in total. The van der Waals surface area contributed by atoms with Crippen molar-refractivity contribution in [3.63, 3.8) is 0 Å². The van der Waals surface area contributed by atoms with Crippen molar-refractivity contribution in [3.05, 3.63) is 35.7 Å². The van der Waals surface area contributed by atoms with Gasteiger partial charge in [-0.3, -0.25) is 9.48 Å². The molecular weight excluding hydrogens is 280 g/mol. The number of amides is 1. The smallest absolute Gasteiger partial charge is 0.245 e. The second kappa shape index (κ2) is 5.92. The predicted molar refractivity (Wildman–Crippen MR) is 82.2 cm³/mol. The Labute approximate surface area is 129 Å². The largest absolute Gasteiger partial charge is 0.336 e. The number of carbonyl (C=O) groups is 1. The summed E-state index contributed by atoms with van der Waals surface area (Å²) in [5.74, 6) is 0.995. The van der Waals surface area contributed by atoms with Crippen LogP contribution in [0.5, 0.6) is 0 Å². The van der Waals surface area contributed by atoms with Crippen molar-refractivity contribution in [1.82, 2.24) is 29.5 Å². The fraction of sp³-hybridized carbons (Fsp3) is 0.533. The van der Waals surface area contributed by atoms with E-state index < -0.39 is 0 Å². The van der Waals surface area contributed by atoms with Gasteiger partial charge >= 0.3 is 0 Å². The van der Waals surface area contributed by atoms with E-state index in [-0.39, 0.29) is 18.5 Å². The Kier molecular flexibility index (Phi) is 3.98. The Balaban J connectivity index is 1.80. The first-order chi connectivity index (χ1) is 10.6. The summed E-state index contributed by atoms with van der Waals surface area (Å²) in [5.41, 5.74) is 1.95. The first-order valence-corrected chi connectivity index (χ1v) is 7.54. The lowest BCUT2D eigenvalue weighted by molar-refractivity contribution is -0.135. The molecule has 2 aromatic rings. The van der Waals surface area contributed by atoms with Gasteiger partial charge in [0.2, 0.25) is 5.91 Å². The highest BCUT2D eigenvalue weighted by molar-refractivity contribution is 5.76. The highest BCUT2D eigenvalue weighted by Gasteiger charge is 2.30. The molecule has 7 heteroatoms. The zero-order valence-electron chi connectivity index (χ0n) is 13.3. The fourth-order valence-corrected chi connectivity index (χ4v) is 2.99. The van der Waals surface area contributed by atoms with E-state index in [1.54, 1.807) is 10.9 Å². The van der Waals surface area contributed by atoms with Crippen molar-refractivity contribution >= 4 is 5.91 Å². The Morgan fingerprint density at radius 3 is 2.91 bits per heavy atom. The van der Waals surface area contributed by atoms with Crippen LogP contribution in [0.15, 0.2) is 18.5 Å². The second-order valence-corrected chi connectivity index (χ2v) is 5.79. The third-order valence-electron chi connectivity index (χ3n) is 4.11. The summed E-state index contributed by atoms with van der Waals surface area (Å²) in [6.45, 7) is 6.42. The highest BCUT2D eigenvalue weighted by Crippen LogP contribution is 2.21. The molecule has 1 N–H and O–H groups in total. The molecule has 0 aromatic carbocycles. The Bertz CT molecular complexity index is 673. The van der Waals surface area contributed by atoms with Gasteiger partial charge in [0.05, 0.1) is 5.69 Å². The van der Waals surface area contributed by atoms with Crippen LogP contribution in [0.2, 0.25) is 0 Å². The molecule has 1 fully saturated rings. The fourth-order valence-electron chi connectivity index (χ4n) is 2.99. The normalized spacial score (nSPS) is 18.7. The van der Waals surface area contributed by atoms with Crippen molar-refractivity contribution in [2.75, 3.05) is 19.6 Å². The molecule has 118 valence electrons. The van der Waals surface area contributed by atoms with Crippen molar-refractivity contribution < 1.29 is 4.79 Å². The topological polar surface area (TPSA) is 68.0 Å². The van der Waals surface area contributed by atoms with Crippen molar-refractivity contribution in [3.8, 4) is 0 Å². The molecule has 0 saturated carbocycles. The standard InChI is InChI=1S/C15H22N6O/c1-11-8-12(2)21(18-11)10-14(22)20-7-4-16-9-13(20)15-17-5-6-19(15)3/h5-6,8,13,16H,4,7,9-10H2,1-3H3. The maximum Gasteiger partial charge on any atom is 0.245 e. The van der Waals surface area contributed by atoms with Crippen LogP contribution in [-0.2, 0) is 18.4 Å². The third kappa shape index (κ3) is 2.76. The third-order valence-corrected chi connectivity index (χ3v) is 4.11. The van der Waals surface area contributed by atoms with E-state index in [1.165, 1.54) is 0 Å². The van der Waals surface area contributed by atoms with Crippen LogP contribution in [0.25, 0.3) is 0 Å². The summed E-state index contributed by atoms with van der Waals surface area (Å²) in [6.07, 6.45) is 3.68. The van der Waals surface area contributed by atoms with Crippen LogP contribution in [0.3, 0.4) is 0 Å². The first kappa shape index (κ1) is 14.8.